The second kappa shape index (κ2) is 4.93. The molecule has 2 aromatic heterocycles. The average Bonchev–Trinajstić information content (AvgIpc) is 2.48. The summed E-state index contributed by atoms with van der Waals surface area (Å²) in [4.78, 5) is 4.16. The molecular weight excluding hydrogens is 256 g/mol. The highest BCUT2D eigenvalue weighted by molar-refractivity contribution is 5.93. The summed E-state index contributed by atoms with van der Waals surface area (Å²) in [6.45, 7) is 0. The molecule has 0 saturated carbocycles. The molecule has 0 spiro atoms. The van der Waals surface area contributed by atoms with Crippen LogP contribution in [0.5, 0.6) is 5.75 Å². The number of hydrogen-bond donors (Lipinski definition) is 0. The fourth-order valence-corrected chi connectivity index (χ4v) is 1.85. The predicted octanol–water partition coefficient (Wildman–Crippen LogP) is 2.72. The van der Waals surface area contributed by atoms with Gasteiger partial charge in [0.25, 0.3) is 5.75 Å². The smallest absolute Gasteiger partial charge is 0.353 e. The number of benzene rings is 1. The molecule has 0 fully saturated rings. The first-order valence-electron chi connectivity index (χ1n) is 5.95. The highest BCUT2D eigenvalue weighted by Gasteiger charge is 2.10. The number of fused-ring (bicyclic) bond motifs is 1. The van der Waals surface area contributed by atoms with E-state index in [1.807, 2.05) is 6.07 Å². The minimum atomic E-state index is 0.208. The van der Waals surface area contributed by atoms with Crippen molar-refractivity contribution in [2.45, 2.75) is 0 Å². The Hall–Kier alpha value is -3.02. The first-order valence-corrected chi connectivity index (χ1v) is 5.95. The van der Waals surface area contributed by atoms with Gasteiger partial charge in [0, 0.05) is 23.7 Å². The lowest BCUT2D eigenvalue weighted by atomic mass is 10.2. The highest BCUT2D eigenvalue weighted by atomic mass is 16.5. The maximum Gasteiger partial charge on any atom is 0.353 e. The van der Waals surface area contributed by atoms with E-state index in [9.17, 15) is 5.21 Å². The van der Waals surface area contributed by atoms with Crippen LogP contribution >= 0.6 is 0 Å². The van der Waals surface area contributed by atoms with Gasteiger partial charge < -0.3 is 10.3 Å². The Bertz CT molecular complexity index is 802. The third-order valence-corrected chi connectivity index (χ3v) is 2.81. The van der Waals surface area contributed by atoms with E-state index in [0.29, 0.717) is 21.7 Å². The van der Waals surface area contributed by atoms with Crippen LogP contribution in [0.4, 0.5) is 11.5 Å². The van der Waals surface area contributed by atoms with E-state index < -0.39 is 0 Å². The van der Waals surface area contributed by atoms with Crippen LogP contribution in [0.15, 0.2) is 65.1 Å². The topological polar surface area (TPSA) is 87.5 Å². The number of nitrogens with zero attached hydrogens (tertiary/aromatic N) is 4. The van der Waals surface area contributed by atoms with E-state index in [4.69, 9.17) is 5.11 Å². The van der Waals surface area contributed by atoms with Crippen LogP contribution in [0.3, 0.4) is 0 Å². The quantitative estimate of drug-likeness (QED) is 0.309. The molecule has 6 heteroatoms. The van der Waals surface area contributed by atoms with Gasteiger partial charge >= 0.3 is 5.82 Å². The summed E-state index contributed by atoms with van der Waals surface area (Å²) in [5.74, 6) is 0.539. The van der Waals surface area contributed by atoms with Gasteiger partial charge in [-0.05, 0) is 29.4 Å². The molecule has 0 bridgehead atoms. The standard InChI is InChI=1S/C14H10N4O2/c19-12-7-6-11(10-4-3-8-15-14(10)12)16-17-13-5-1-2-9-18(13)20/h1-9,19H/p+1. The summed E-state index contributed by atoms with van der Waals surface area (Å²) in [6, 6.07) is 11.8. The van der Waals surface area contributed by atoms with E-state index in [1.54, 1.807) is 42.6 Å². The van der Waals surface area contributed by atoms with E-state index >= 15 is 0 Å². The Kier molecular flexibility index (Phi) is 2.96. The minimum absolute atomic E-state index is 0.208. The van der Waals surface area contributed by atoms with E-state index in [-0.39, 0.29) is 5.82 Å². The van der Waals surface area contributed by atoms with E-state index in [1.165, 1.54) is 6.20 Å². The third kappa shape index (κ3) is 2.14. The molecule has 3 rings (SSSR count). The Balaban J connectivity index is 2.08. The van der Waals surface area contributed by atoms with Crippen molar-refractivity contribution in [1.82, 2.24) is 4.98 Å². The second-order valence-corrected chi connectivity index (χ2v) is 4.12. The molecule has 0 radical (unpaired) electrons. The zero-order chi connectivity index (χ0) is 13.9. The van der Waals surface area contributed by atoms with E-state index in [0.717, 1.165) is 5.39 Å². The van der Waals surface area contributed by atoms with Gasteiger partial charge in [-0.25, -0.2) is 9.71 Å². The Morgan fingerprint density at radius 1 is 1.05 bits per heavy atom. The van der Waals surface area contributed by atoms with Gasteiger partial charge in [-0.1, -0.05) is 6.07 Å². The Labute approximate surface area is 114 Å². The first-order chi connectivity index (χ1) is 9.75. The van der Waals surface area contributed by atoms with Gasteiger partial charge in [0.15, 0.2) is 5.52 Å². The van der Waals surface area contributed by atoms with Gasteiger partial charge in [0.2, 0.25) is 0 Å². The fraction of sp³-hybridized carbons (Fsp3) is 0. The van der Waals surface area contributed by atoms with Crippen LogP contribution < -0.4 is 4.73 Å². The zero-order valence-corrected chi connectivity index (χ0v) is 10.4. The van der Waals surface area contributed by atoms with Crippen molar-refractivity contribution in [3.05, 3.63) is 60.1 Å². The van der Waals surface area contributed by atoms with Crippen molar-refractivity contribution in [2.24, 2.45) is 10.2 Å². The van der Waals surface area contributed by atoms with Crippen LogP contribution in [-0.2, 0) is 0 Å². The predicted molar refractivity (Wildman–Crippen MR) is 74.4 cm³/mol. The summed E-state index contributed by atoms with van der Waals surface area (Å²) >= 11 is 0. The van der Waals surface area contributed by atoms with Crippen molar-refractivity contribution in [3.63, 3.8) is 0 Å². The first kappa shape index (κ1) is 12.0. The molecule has 0 saturated heterocycles. The second-order valence-electron chi connectivity index (χ2n) is 4.12. The summed E-state index contributed by atoms with van der Waals surface area (Å²) in [6.07, 6.45) is 2.99. The molecule has 1 aromatic carbocycles. The average molecular weight is 267 g/mol. The number of pyridine rings is 2. The van der Waals surface area contributed by atoms with Crippen molar-refractivity contribution < 1.29 is 9.84 Å². The molecule has 3 aromatic rings. The van der Waals surface area contributed by atoms with Crippen LogP contribution in [0, 0.1) is 5.21 Å². The molecule has 0 unspecified atom stereocenters. The summed E-state index contributed by atoms with van der Waals surface area (Å²) in [5.41, 5.74) is 1.14. The number of azo groups is 1. The summed E-state index contributed by atoms with van der Waals surface area (Å²) in [7, 11) is 0. The fourth-order valence-electron chi connectivity index (χ4n) is 1.85. The van der Waals surface area contributed by atoms with Gasteiger partial charge in [-0.15, -0.1) is 0 Å². The molecule has 6 nitrogen and oxygen atoms in total. The van der Waals surface area contributed by atoms with Gasteiger partial charge in [-0.3, -0.25) is 0 Å². The lowest BCUT2D eigenvalue weighted by Gasteiger charge is -2.00. The molecule has 2 heterocycles. The van der Waals surface area contributed by atoms with Gasteiger partial charge in [-0.2, -0.15) is 0 Å². The molecule has 0 aliphatic rings. The third-order valence-electron chi connectivity index (χ3n) is 2.81. The molecule has 98 valence electrons. The highest BCUT2D eigenvalue weighted by Crippen LogP contribution is 2.31. The summed E-state index contributed by atoms with van der Waals surface area (Å²) in [5, 5.41) is 28.0. The monoisotopic (exact) mass is 267 g/mol. The lowest BCUT2D eigenvalue weighted by Crippen LogP contribution is -2.24. The van der Waals surface area contributed by atoms with Crippen molar-refractivity contribution in [1.29, 1.82) is 0 Å². The van der Waals surface area contributed by atoms with Crippen LogP contribution in [-0.4, -0.2) is 10.1 Å². The summed E-state index contributed by atoms with van der Waals surface area (Å²) < 4.78 is 0.642. The maximum atomic E-state index is 11.5. The van der Waals surface area contributed by atoms with Crippen LogP contribution in [0.25, 0.3) is 10.9 Å². The molecule has 0 aliphatic carbocycles. The number of hydrogen-bond acceptors (Lipinski definition) is 4. The van der Waals surface area contributed by atoms with Gasteiger partial charge in [0.1, 0.15) is 5.69 Å². The van der Waals surface area contributed by atoms with Crippen molar-refractivity contribution in [3.8, 4) is 5.75 Å². The normalized spacial score (nSPS) is 11.2. The van der Waals surface area contributed by atoms with Crippen molar-refractivity contribution >= 4 is 22.4 Å². The lowest BCUT2D eigenvalue weighted by molar-refractivity contribution is -0.591. The van der Waals surface area contributed by atoms with Crippen LogP contribution in [0.2, 0.25) is 0 Å². The SMILES string of the molecule is [O-][n+]1ccccc1N=Nc1ccc([OH2+])c2ncccc12. The zero-order valence-electron chi connectivity index (χ0n) is 10.4. The molecular formula is C14H11N4O2+. The van der Waals surface area contributed by atoms with E-state index in [2.05, 4.69) is 15.2 Å². The Morgan fingerprint density at radius 2 is 1.95 bits per heavy atom. The van der Waals surface area contributed by atoms with Crippen LogP contribution in [0.1, 0.15) is 0 Å². The molecule has 0 atom stereocenters. The number of rotatable bonds is 2. The maximum absolute atomic E-state index is 11.5. The largest absolute Gasteiger partial charge is 0.710 e. The minimum Gasteiger partial charge on any atom is -0.710 e. The molecule has 0 amide bonds. The molecule has 20 heavy (non-hydrogen) atoms. The van der Waals surface area contributed by atoms with Crippen molar-refractivity contribution in [2.75, 3.05) is 0 Å². The Morgan fingerprint density at radius 3 is 2.80 bits per heavy atom. The molecule has 0 aliphatic heterocycles. The number of aromatic nitrogens is 2. The van der Waals surface area contributed by atoms with Gasteiger partial charge in [0.05, 0.1) is 11.3 Å². The molecule has 2 N–H and O–H groups in total.